The summed E-state index contributed by atoms with van der Waals surface area (Å²) in [6.45, 7) is 1.36. The molecule has 2 aromatic rings. The highest BCUT2D eigenvalue weighted by atomic mass is 16.6. The number of hydrazine groups is 1. The molecule has 0 aromatic heterocycles. The predicted octanol–water partition coefficient (Wildman–Crippen LogP) is 1.47. The van der Waals surface area contributed by atoms with Crippen molar-refractivity contribution in [1.29, 1.82) is 0 Å². The summed E-state index contributed by atoms with van der Waals surface area (Å²) >= 11 is 0. The minimum absolute atomic E-state index is 0.381. The van der Waals surface area contributed by atoms with Crippen molar-refractivity contribution >= 4 is 17.8 Å². The van der Waals surface area contributed by atoms with Crippen molar-refractivity contribution in [2.75, 3.05) is 19.8 Å². The number of hydrogen-bond acceptors (Lipinski definition) is 6. The molecular formula is C19H20N2O6. The maximum absolute atomic E-state index is 11.8. The standard InChI is InChI=1S/C19H20N2O6/c1-2-25-15-10-6-7-11-16(15)26-13-18(23)27-12-17(22)20-21-19(24)14-8-4-3-5-9-14/h3-11H,2,12-13H2,1H3,(H,20,22)(H,21,24). The summed E-state index contributed by atoms with van der Waals surface area (Å²) in [5, 5.41) is 0. The van der Waals surface area contributed by atoms with E-state index in [1.807, 2.05) is 6.92 Å². The number of nitrogens with one attached hydrogen (secondary N) is 2. The third-order valence-corrected chi connectivity index (χ3v) is 3.21. The third kappa shape index (κ3) is 6.69. The van der Waals surface area contributed by atoms with Gasteiger partial charge >= 0.3 is 5.97 Å². The first-order valence-corrected chi connectivity index (χ1v) is 8.24. The van der Waals surface area contributed by atoms with Crippen LogP contribution >= 0.6 is 0 Å². The number of carbonyl (C=O) groups is 3. The van der Waals surface area contributed by atoms with Crippen LogP contribution in [0.3, 0.4) is 0 Å². The first-order chi connectivity index (χ1) is 13.1. The molecule has 0 fully saturated rings. The molecular weight excluding hydrogens is 352 g/mol. The first-order valence-electron chi connectivity index (χ1n) is 8.24. The second-order valence-electron chi connectivity index (χ2n) is 5.20. The van der Waals surface area contributed by atoms with E-state index in [0.29, 0.717) is 23.7 Å². The molecule has 0 saturated carbocycles. The van der Waals surface area contributed by atoms with Crippen LogP contribution < -0.4 is 20.3 Å². The van der Waals surface area contributed by atoms with Crippen molar-refractivity contribution in [1.82, 2.24) is 10.9 Å². The lowest BCUT2D eigenvalue weighted by Crippen LogP contribution is -2.43. The Morgan fingerprint density at radius 1 is 0.815 bits per heavy atom. The smallest absolute Gasteiger partial charge is 0.344 e. The maximum Gasteiger partial charge on any atom is 0.344 e. The second kappa shape index (κ2) is 10.4. The van der Waals surface area contributed by atoms with E-state index in [-0.39, 0.29) is 6.61 Å². The molecule has 2 rings (SSSR count). The van der Waals surface area contributed by atoms with E-state index < -0.39 is 24.4 Å². The minimum Gasteiger partial charge on any atom is -0.490 e. The molecule has 8 heteroatoms. The topological polar surface area (TPSA) is 103 Å². The number of ether oxygens (including phenoxy) is 3. The highest BCUT2D eigenvalue weighted by Crippen LogP contribution is 2.26. The first kappa shape index (κ1) is 19.8. The maximum atomic E-state index is 11.8. The Bertz CT molecular complexity index is 779. The van der Waals surface area contributed by atoms with Crippen LogP contribution in [-0.4, -0.2) is 37.6 Å². The van der Waals surface area contributed by atoms with E-state index in [2.05, 4.69) is 10.9 Å². The van der Waals surface area contributed by atoms with Crippen LogP contribution in [0.15, 0.2) is 54.6 Å². The van der Waals surface area contributed by atoms with E-state index in [0.717, 1.165) is 0 Å². The van der Waals surface area contributed by atoms with Gasteiger partial charge in [-0.2, -0.15) is 0 Å². The van der Waals surface area contributed by atoms with E-state index in [1.165, 1.54) is 0 Å². The van der Waals surface area contributed by atoms with Crippen molar-refractivity contribution in [3.05, 3.63) is 60.2 Å². The number of benzene rings is 2. The van der Waals surface area contributed by atoms with Gasteiger partial charge in [-0.05, 0) is 31.2 Å². The fourth-order valence-corrected chi connectivity index (χ4v) is 1.99. The second-order valence-corrected chi connectivity index (χ2v) is 5.20. The predicted molar refractivity (Wildman–Crippen MR) is 96.1 cm³/mol. The van der Waals surface area contributed by atoms with Crippen LogP contribution in [0.2, 0.25) is 0 Å². The van der Waals surface area contributed by atoms with Gasteiger partial charge in [0.15, 0.2) is 24.7 Å². The molecule has 27 heavy (non-hydrogen) atoms. The summed E-state index contributed by atoms with van der Waals surface area (Å²) in [6.07, 6.45) is 0. The zero-order chi connectivity index (χ0) is 19.5. The summed E-state index contributed by atoms with van der Waals surface area (Å²) in [4.78, 5) is 35.1. The zero-order valence-corrected chi connectivity index (χ0v) is 14.8. The summed E-state index contributed by atoms with van der Waals surface area (Å²) in [7, 11) is 0. The van der Waals surface area contributed by atoms with E-state index in [1.54, 1.807) is 54.6 Å². The monoisotopic (exact) mass is 372 g/mol. The van der Waals surface area contributed by atoms with Gasteiger partial charge in [0.05, 0.1) is 6.61 Å². The van der Waals surface area contributed by atoms with Crippen molar-refractivity contribution < 1.29 is 28.6 Å². The molecule has 0 aliphatic carbocycles. The van der Waals surface area contributed by atoms with Crippen molar-refractivity contribution in [2.45, 2.75) is 6.92 Å². The van der Waals surface area contributed by atoms with Gasteiger partial charge < -0.3 is 14.2 Å². The molecule has 0 heterocycles. The van der Waals surface area contributed by atoms with E-state index >= 15 is 0 Å². The number of hydrogen-bond donors (Lipinski definition) is 2. The largest absolute Gasteiger partial charge is 0.490 e. The molecule has 2 amide bonds. The fraction of sp³-hybridized carbons (Fsp3) is 0.211. The quantitative estimate of drug-likeness (QED) is 0.537. The van der Waals surface area contributed by atoms with Crippen LogP contribution in [0.4, 0.5) is 0 Å². The number of esters is 1. The van der Waals surface area contributed by atoms with Gasteiger partial charge in [0.25, 0.3) is 11.8 Å². The van der Waals surface area contributed by atoms with Gasteiger partial charge in [-0.3, -0.25) is 20.4 Å². The summed E-state index contributed by atoms with van der Waals surface area (Å²) in [6, 6.07) is 15.2. The van der Waals surface area contributed by atoms with Crippen LogP contribution in [0, 0.1) is 0 Å². The van der Waals surface area contributed by atoms with E-state index in [4.69, 9.17) is 14.2 Å². The number of carbonyl (C=O) groups excluding carboxylic acids is 3. The molecule has 0 aliphatic rings. The van der Waals surface area contributed by atoms with Crippen molar-refractivity contribution in [3.63, 3.8) is 0 Å². The van der Waals surface area contributed by atoms with Gasteiger partial charge in [0.1, 0.15) is 0 Å². The van der Waals surface area contributed by atoms with Crippen LogP contribution in [0.25, 0.3) is 0 Å². The molecule has 2 N–H and O–H groups in total. The zero-order valence-electron chi connectivity index (χ0n) is 14.8. The Labute approximate surface area is 156 Å². The van der Waals surface area contributed by atoms with Crippen LogP contribution in [0.5, 0.6) is 11.5 Å². The summed E-state index contributed by atoms with van der Waals surface area (Å²) < 4.78 is 15.5. The van der Waals surface area contributed by atoms with Crippen molar-refractivity contribution in [2.24, 2.45) is 0 Å². The van der Waals surface area contributed by atoms with Gasteiger partial charge in [0.2, 0.25) is 0 Å². The lowest BCUT2D eigenvalue weighted by Gasteiger charge is -2.11. The Morgan fingerprint density at radius 3 is 2.11 bits per heavy atom. The summed E-state index contributed by atoms with van der Waals surface area (Å²) in [5.41, 5.74) is 4.77. The molecule has 142 valence electrons. The highest BCUT2D eigenvalue weighted by Gasteiger charge is 2.11. The number of para-hydroxylation sites is 2. The molecule has 8 nitrogen and oxygen atoms in total. The molecule has 0 radical (unpaired) electrons. The highest BCUT2D eigenvalue weighted by molar-refractivity contribution is 5.95. The Hall–Kier alpha value is -3.55. The van der Waals surface area contributed by atoms with Gasteiger partial charge in [-0.25, -0.2) is 4.79 Å². The van der Waals surface area contributed by atoms with Gasteiger partial charge in [-0.1, -0.05) is 30.3 Å². The molecule has 0 atom stereocenters. The van der Waals surface area contributed by atoms with E-state index in [9.17, 15) is 14.4 Å². The lowest BCUT2D eigenvalue weighted by molar-refractivity contribution is -0.150. The number of rotatable bonds is 8. The minimum atomic E-state index is -0.731. The number of amides is 2. The molecule has 0 unspecified atom stereocenters. The lowest BCUT2D eigenvalue weighted by atomic mass is 10.2. The molecule has 0 bridgehead atoms. The average molecular weight is 372 g/mol. The SMILES string of the molecule is CCOc1ccccc1OCC(=O)OCC(=O)NNC(=O)c1ccccc1. The summed E-state index contributed by atoms with van der Waals surface area (Å²) in [5.74, 6) is -0.982. The van der Waals surface area contributed by atoms with Gasteiger partial charge in [-0.15, -0.1) is 0 Å². The third-order valence-electron chi connectivity index (χ3n) is 3.21. The van der Waals surface area contributed by atoms with Gasteiger partial charge in [0, 0.05) is 5.56 Å². The molecule has 2 aromatic carbocycles. The average Bonchev–Trinajstić information content (AvgIpc) is 2.70. The Balaban J connectivity index is 1.69. The molecule has 0 saturated heterocycles. The normalized spacial score (nSPS) is 9.81. The molecule has 0 aliphatic heterocycles. The Kier molecular flexibility index (Phi) is 7.65. The van der Waals surface area contributed by atoms with Crippen LogP contribution in [0.1, 0.15) is 17.3 Å². The van der Waals surface area contributed by atoms with Crippen LogP contribution in [-0.2, 0) is 14.3 Å². The van der Waals surface area contributed by atoms with Crippen molar-refractivity contribution in [3.8, 4) is 11.5 Å². The Morgan fingerprint density at radius 2 is 1.44 bits per heavy atom. The fourth-order valence-electron chi connectivity index (χ4n) is 1.99. The molecule has 0 spiro atoms.